The maximum absolute atomic E-state index is 2.92. The van der Waals surface area contributed by atoms with Gasteiger partial charge in [0.1, 0.15) is 0 Å². The summed E-state index contributed by atoms with van der Waals surface area (Å²) in [4.78, 5) is 2.82. The fraction of sp³-hybridized carbons (Fsp3) is 0.0526. The van der Waals surface area contributed by atoms with E-state index in [0.717, 1.165) is 6.42 Å². The zero-order valence-electron chi connectivity index (χ0n) is 11.7. The smallest absolute Gasteiger partial charge is 0.0157 e. The lowest BCUT2D eigenvalue weighted by atomic mass is 10.0. The molecule has 0 aliphatic carbocycles. The van der Waals surface area contributed by atoms with Crippen molar-refractivity contribution in [1.29, 1.82) is 0 Å². The van der Waals surface area contributed by atoms with Crippen LogP contribution in [0.25, 0.3) is 0 Å². The molecule has 2 aromatic carbocycles. The van der Waals surface area contributed by atoms with Gasteiger partial charge in [0.05, 0.1) is 0 Å². The van der Waals surface area contributed by atoms with Gasteiger partial charge in [-0.3, -0.25) is 0 Å². The molecule has 2 aliphatic rings. The number of hydrogen-bond donors (Lipinski definition) is 1. The van der Waals surface area contributed by atoms with Gasteiger partial charge < -0.3 is 5.32 Å². The van der Waals surface area contributed by atoms with Crippen LogP contribution in [0.3, 0.4) is 0 Å². The molecule has 1 N–H and O–H groups in total. The Labute approximate surface area is 130 Å². The number of benzene rings is 2. The number of rotatable bonds is 0. The zero-order chi connectivity index (χ0) is 14.3. The second-order valence-electron chi connectivity index (χ2n) is 4.76. The quantitative estimate of drug-likeness (QED) is 0.631. The summed E-state index contributed by atoms with van der Waals surface area (Å²) in [5.41, 5.74) is 2.91. The number of allylic oxidation sites excluding steroid dienone is 4. The van der Waals surface area contributed by atoms with E-state index in [9.17, 15) is 0 Å². The van der Waals surface area contributed by atoms with Crippen molar-refractivity contribution in [2.75, 3.05) is 0 Å². The van der Waals surface area contributed by atoms with Crippen LogP contribution in [0.4, 0.5) is 0 Å². The minimum absolute atomic E-state index is 1.08. The highest BCUT2D eigenvalue weighted by Crippen LogP contribution is 2.38. The zero-order valence-corrected chi connectivity index (χ0v) is 12.5. The lowest BCUT2D eigenvalue weighted by molar-refractivity contribution is 1.06. The van der Waals surface area contributed by atoms with Crippen molar-refractivity contribution in [3.05, 3.63) is 96.4 Å². The molecule has 104 valence electrons. The summed E-state index contributed by atoms with van der Waals surface area (Å²) < 4.78 is 0. The predicted octanol–water partition coefficient (Wildman–Crippen LogP) is 4.92. The number of hydrogen-bond acceptors (Lipinski definition) is 2. The van der Waals surface area contributed by atoms with E-state index >= 15 is 0 Å². The molecular formula is C19H17NS. The molecule has 2 heteroatoms. The molecule has 0 unspecified atom stereocenters. The fourth-order valence-electron chi connectivity index (χ4n) is 2.23. The average molecular weight is 291 g/mol. The van der Waals surface area contributed by atoms with Gasteiger partial charge in [-0.05, 0) is 41.8 Å². The molecule has 2 aliphatic heterocycles. The summed E-state index contributed by atoms with van der Waals surface area (Å²) in [5.74, 6) is 0. The monoisotopic (exact) mass is 291 g/mol. The van der Waals surface area contributed by atoms with Gasteiger partial charge in [0.25, 0.3) is 0 Å². The summed E-state index contributed by atoms with van der Waals surface area (Å²) in [6, 6.07) is 17.3. The van der Waals surface area contributed by atoms with Crippen LogP contribution >= 0.6 is 11.8 Å². The van der Waals surface area contributed by atoms with Crippen LogP contribution in [0, 0.1) is 0 Å². The molecule has 0 amide bonds. The van der Waals surface area contributed by atoms with Crippen LogP contribution in [-0.2, 0) is 6.42 Å². The predicted molar refractivity (Wildman–Crippen MR) is 90.4 cm³/mol. The molecule has 0 saturated heterocycles. The van der Waals surface area contributed by atoms with E-state index in [0.29, 0.717) is 0 Å². The fourth-order valence-corrected chi connectivity index (χ4v) is 3.30. The van der Waals surface area contributed by atoms with Gasteiger partial charge in [0.15, 0.2) is 0 Å². The van der Waals surface area contributed by atoms with Crippen molar-refractivity contribution < 1.29 is 0 Å². The summed E-state index contributed by atoms with van der Waals surface area (Å²) in [5, 5.41) is 2.92. The van der Waals surface area contributed by atoms with E-state index < -0.39 is 0 Å². The van der Waals surface area contributed by atoms with Crippen LogP contribution in [-0.4, -0.2) is 0 Å². The largest absolute Gasteiger partial charge is 0.368 e. The van der Waals surface area contributed by atoms with Crippen molar-refractivity contribution in [1.82, 2.24) is 5.32 Å². The lowest BCUT2D eigenvalue weighted by Crippen LogP contribution is -1.98. The van der Waals surface area contributed by atoms with Gasteiger partial charge in [-0.1, -0.05) is 60.3 Å². The van der Waals surface area contributed by atoms with Crippen molar-refractivity contribution in [3.63, 3.8) is 0 Å². The summed E-state index contributed by atoms with van der Waals surface area (Å²) in [6.07, 6.45) is 12.7. The molecular weight excluding hydrogens is 274 g/mol. The first-order valence-corrected chi connectivity index (χ1v) is 7.83. The van der Waals surface area contributed by atoms with E-state index in [-0.39, 0.29) is 0 Å². The third-order valence-electron chi connectivity index (χ3n) is 3.26. The van der Waals surface area contributed by atoms with E-state index in [1.807, 2.05) is 48.5 Å². The summed E-state index contributed by atoms with van der Waals surface area (Å²) >= 11 is 1.88. The molecule has 0 fully saturated rings. The third kappa shape index (κ3) is 3.67. The van der Waals surface area contributed by atoms with Crippen molar-refractivity contribution in [2.24, 2.45) is 0 Å². The topological polar surface area (TPSA) is 12.0 Å². The normalized spacial score (nSPS) is 14.1. The summed E-state index contributed by atoms with van der Waals surface area (Å²) in [6.45, 7) is 0. The second kappa shape index (κ2) is 7.00. The van der Waals surface area contributed by atoms with Crippen LogP contribution in [0.5, 0.6) is 0 Å². The molecule has 0 atom stereocenters. The Morgan fingerprint density at radius 1 is 0.667 bits per heavy atom. The Balaban J connectivity index is 0.000000160. The molecule has 1 nitrogen and oxygen atoms in total. The molecule has 0 spiro atoms. The van der Waals surface area contributed by atoms with E-state index in [2.05, 4.69) is 53.8 Å². The molecule has 2 heterocycles. The summed E-state index contributed by atoms with van der Waals surface area (Å²) in [7, 11) is 0. The first-order chi connectivity index (χ1) is 10.4. The Hall–Kier alpha value is -2.19. The van der Waals surface area contributed by atoms with E-state index in [1.54, 1.807) is 0 Å². The first kappa shape index (κ1) is 13.8. The van der Waals surface area contributed by atoms with E-state index in [1.165, 1.54) is 20.9 Å². The van der Waals surface area contributed by atoms with Crippen molar-refractivity contribution in [3.8, 4) is 0 Å². The molecule has 0 bridgehead atoms. The van der Waals surface area contributed by atoms with Gasteiger partial charge in [-0.2, -0.15) is 0 Å². The molecule has 2 aromatic rings. The SMILES string of the molecule is C1=CC=CNC=C1.c1ccc2c(c1)Cc1ccccc1S2. The lowest BCUT2D eigenvalue weighted by Gasteiger charge is -2.17. The van der Waals surface area contributed by atoms with E-state index in [4.69, 9.17) is 0 Å². The molecule has 0 aromatic heterocycles. The highest BCUT2D eigenvalue weighted by molar-refractivity contribution is 7.99. The standard InChI is InChI=1S/C13H10S.C6H7N/c1-3-7-12-10(5-1)9-11-6-2-4-8-13(11)14-12;1-2-4-6-7-5-3-1/h1-8H,9H2;1-7H. The minimum atomic E-state index is 1.08. The Bertz CT molecular complexity index is 597. The Kier molecular flexibility index (Phi) is 4.59. The Morgan fingerprint density at radius 3 is 1.76 bits per heavy atom. The van der Waals surface area contributed by atoms with Gasteiger partial charge in [0.2, 0.25) is 0 Å². The highest BCUT2D eigenvalue weighted by atomic mass is 32.2. The van der Waals surface area contributed by atoms with Crippen molar-refractivity contribution >= 4 is 11.8 Å². The Morgan fingerprint density at radius 2 is 1.19 bits per heavy atom. The molecule has 21 heavy (non-hydrogen) atoms. The van der Waals surface area contributed by atoms with Crippen LogP contribution in [0.15, 0.2) is 95.0 Å². The number of fused-ring (bicyclic) bond motifs is 2. The molecule has 0 saturated carbocycles. The first-order valence-electron chi connectivity index (χ1n) is 7.01. The maximum atomic E-state index is 2.92. The van der Waals surface area contributed by atoms with Gasteiger partial charge in [-0.15, -0.1) is 0 Å². The average Bonchev–Trinajstić information content (AvgIpc) is 2.86. The third-order valence-corrected chi connectivity index (χ3v) is 4.50. The van der Waals surface area contributed by atoms with Gasteiger partial charge in [-0.25, -0.2) is 0 Å². The maximum Gasteiger partial charge on any atom is 0.0157 e. The minimum Gasteiger partial charge on any atom is -0.368 e. The van der Waals surface area contributed by atoms with Crippen LogP contribution < -0.4 is 5.32 Å². The van der Waals surface area contributed by atoms with Crippen LogP contribution in [0.1, 0.15) is 11.1 Å². The molecule has 4 rings (SSSR count). The van der Waals surface area contributed by atoms with Gasteiger partial charge in [0, 0.05) is 22.2 Å². The second-order valence-corrected chi connectivity index (χ2v) is 5.85. The van der Waals surface area contributed by atoms with Crippen LogP contribution in [0.2, 0.25) is 0 Å². The number of nitrogens with one attached hydrogen (secondary N) is 1. The van der Waals surface area contributed by atoms with Crippen molar-refractivity contribution in [2.45, 2.75) is 16.2 Å². The highest BCUT2D eigenvalue weighted by Gasteiger charge is 2.13. The molecule has 0 radical (unpaired) electrons. The van der Waals surface area contributed by atoms with Gasteiger partial charge >= 0.3 is 0 Å².